The molecule has 1 rings (SSSR count). The molecule has 0 bridgehead atoms. The van der Waals surface area contributed by atoms with Crippen LogP contribution in [-0.2, 0) is 10.2 Å². The summed E-state index contributed by atoms with van der Waals surface area (Å²) in [6.07, 6.45) is 4.68. The first-order valence-electron chi connectivity index (χ1n) is 7.12. The van der Waals surface area contributed by atoms with Crippen molar-refractivity contribution in [2.24, 2.45) is 0 Å². The Labute approximate surface area is 116 Å². The Balaban J connectivity index is 2.52. The van der Waals surface area contributed by atoms with E-state index in [1.807, 2.05) is 38.1 Å². The first-order chi connectivity index (χ1) is 8.98. The summed E-state index contributed by atoms with van der Waals surface area (Å²) in [5.41, 5.74) is 6.87. The molecule has 0 fully saturated rings. The minimum Gasteiger partial charge on any atom is -0.399 e. The number of nitrogens with one attached hydrogen (secondary N) is 1. The summed E-state index contributed by atoms with van der Waals surface area (Å²) >= 11 is 0. The fourth-order valence-corrected chi connectivity index (χ4v) is 2.01. The standard InChI is InChI=1S/C16H26N2O/c1-4-5-6-7-12-18-15(19)16(2,3)13-8-10-14(17)11-9-13/h8-11H,4-7,12,17H2,1-3H3,(H,18,19). The smallest absolute Gasteiger partial charge is 0.230 e. The van der Waals surface area contributed by atoms with Crippen LogP contribution in [0.15, 0.2) is 24.3 Å². The van der Waals surface area contributed by atoms with Crippen molar-refractivity contribution in [3.8, 4) is 0 Å². The summed E-state index contributed by atoms with van der Waals surface area (Å²) < 4.78 is 0. The highest BCUT2D eigenvalue weighted by atomic mass is 16.2. The molecule has 3 N–H and O–H groups in total. The number of amides is 1. The van der Waals surface area contributed by atoms with E-state index in [1.54, 1.807) is 0 Å². The molecule has 106 valence electrons. The van der Waals surface area contributed by atoms with Gasteiger partial charge in [-0.25, -0.2) is 0 Å². The lowest BCUT2D eigenvalue weighted by Gasteiger charge is -2.24. The van der Waals surface area contributed by atoms with Gasteiger partial charge in [-0.1, -0.05) is 38.3 Å². The molecule has 3 nitrogen and oxygen atoms in total. The molecule has 0 spiro atoms. The molecule has 3 heteroatoms. The van der Waals surface area contributed by atoms with Gasteiger partial charge in [0.05, 0.1) is 5.41 Å². The minimum atomic E-state index is -0.515. The zero-order valence-electron chi connectivity index (χ0n) is 12.3. The van der Waals surface area contributed by atoms with Gasteiger partial charge in [0.1, 0.15) is 0 Å². The van der Waals surface area contributed by atoms with Crippen LogP contribution >= 0.6 is 0 Å². The molecule has 0 unspecified atom stereocenters. The van der Waals surface area contributed by atoms with Gasteiger partial charge < -0.3 is 11.1 Å². The van der Waals surface area contributed by atoms with E-state index in [0.29, 0.717) is 0 Å². The predicted octanol–water partition coefficient (Wildman–Crippen LogP) is 3.24. The lowest BCUT2D eigenvalue weighted by Crippen LogP contribution is -2.40. The Kier molecular flexibility index (Phi) is 5.87. The van der Waals surface area contributed by atoms with Gasteiger partial charge in [-0.05, 0) is 38.0 Å². The van der Waals surface area contributed by atoms with Crippen LogP contribution in [0.2, 0.25) is 0 Å². The van der Waals surface area contributed by atoms with Crippen LogP contribution in [-0.4, -0.2) is 12.5 Å². The van der Waals surface area contributed by atoms with Gasteiger partial charge in [-0.3, -0.25) is 4.79 Å². The van der Waals surface area contributed by atoms with Gasteiger partial charge in [0.15, 0.2) is 0 Å². The number of hydrogen-bond donors (Lipinski definition) is 2. The third-order valence-corrected chi connectivity index (χ3v) is 3.52. The maximum absolute atomic E-state index is 12.2. The third-order valence-electron chi connectivity index (χ3n) is 3.52. The number of rotatable bonds is 7. The maximum Gasteiger partial charge on any atom is 0.230 e. The number of hydrogen-bond acceptors (Lipinski definition) is 2. The van der Waals surface area contributed by atoms with Crippen molar-refractivity contribution < 1.29 is 4.79 Å². The van der Waals surface area contributed by atoms with E-state index in [4.69, 9.17) is 5.73 Å². The first kappa shape index (κ1) is 15.5. The number of carbonyl (C=O) groups is 1. The normalized spacial score (nSPS) is 11.3. The number of unbranched alkanes of at least 4 members (excludes halogenated alkanes) is 3. The van der Waals surface area contributed by atoms with Crippen LogP contribution in [0.5, 0.6) is 0 Å². The van der Waals surface area contributed by atoms with Gasteiger partial charge in [0, 0.05) is 12.2 Å². The van der Waals surface area contributed by atoms with Gasteiger partial charge >= 0.3 is 0 Å². The Hall–Kier alpha value is -1.51. The Morgan fingerprint density at radius 1 is 1.16 bits per heavy atom. The molecule has 1 aromatic carbocycles. The van der Waals surface area contributed by atoms with Crippen molar-refractivity contribution in [1.29, 1.82) is 0 Å². The molecule has 0 aliphatic rings. The summed E-state index contributed by atoms with van der Waals surface area (Å²) in [4.78, 5) is 12.2. The van der Waals surface area contributed by atoms with E-state index in [0.717, 1.165) is 24.2 Å². The number of nitrogens with two attached hydrogens (primary N) is 1. The zero-order chi connectivity index (χ0) is 14.3. The molecule has 0 heterocycles. The first-order valence-corrected chi connectivity index (χ1v) is 7.12. The Morgan fingerprint density at radius 2 is 1.79 bits per heavy atom. The van der Waals surface area contributed by atoms with Crippen LogP contribution in [0.3, 0.4) is 0 Å². The van der Waals surface area contributed by atoms with E-state index in [2.05, 4.69) is 12.2 Å². The van der Waals surface area contributed by atoms with E-state index < -0.39 is 5.41 Å². The van der Waals surface area contributed by atoms with E-state index in [1.165, 1.54) is 19.3 Å². The van der Waals surface area contributed by atoms with Crippen LogP contribution in [0.4, 0.5) is 5.69 Å². The second-order valence-electron chi connectivity index (χ2n) is 5.56. The third kappa shape index (κ3) is 4.58. The molecule has 1 amide bonds. The molecule has 19 heavy (non-hydrogen) atoms. The lowest BCUT2D eigenvalue weighted by atomic mass is 9.83. The molecule has 0 aliphatic carbocycles. The van der Waals surface area contributed by atoms with Crippen LogP contribution in [0.1, 0.15) is 52.0 Å². The molecule has 0 aliphatic heterocycles. The van der Waals surface area contributed by atoms with Crippen molar-refractivity contribution in [2.45, 2.75) is 51.9 Å². The average molecular weight is 262 g/mol. The van der Waals surface area contributed by atoms with Gasteiger partial charge in [0.25, 0.3) is 0 Å². The lowest BCUT2D eigenvalue weighted by molar-refractivity contribution is -0.125. The van der Waals surface area contributed by atoms with Crippen LogP contribution < -0.4 is 11.1 Å². The maximum atomic E-state index is 12.2. The van der Waals surface area contributed by atoms with Gasteiger partial charge in [0.2, 0.25) is 5.91 Å². The fraction of sp³-hybridized carbons (Fsp3) is 0.562. The number of nitrogen functional groups attached to an aromatic ring is 1. The molecular weight excluding hydrogens is 236 g/mol. The number of anilines is 1. The van der Waals surface area contributed by atoms with E-state index in [9.17, 15) is 4.79 Å². The van der Waals surface area contributed by atoms with E-state index >= 15 is 0 Å². The largest absolute Gasteiger partial charge is 0.399 e. The zero-order valence-corrected chi connectivity index (χ0v) is 12.3. The van der Waals surface area contributed by atoms with Crippen molar-refractivity contribution in [2.75, 3.05) is 12.3 Å². The average Bonchev–Trinajstić information content (AvgIpc) is 2.38. The Bertz CT molecular complexity index is 396. The molecular formula is C16H26N2O. The number of carbonyl (C=O) groups excluding carboxylic acids is 1. The van der Waals surface area contributed by atoms with Crippen molar-refractivity contribution in [3.05, 3.63) is 29.8 Å². The quantitative estimate of drug-likeness (QED) is 0.585. The SMILES string of the molecule is CCCCCCNC(=O)C(C)(C)c1ccc(N)cc1. The molecule has 0 radical (unpaired) electrons. The van der Waals surface area contributed by atoms with Gasteiger partial charge in [-0.2, -0.15) is 0 Å². The van der Waals surface area contributed by atoms with Crippen molar-refractivity contribution in [1.82, 2.24) is 5.32 Å². The summed E-state index contributed by atoms with van der Waals surface area (Å²) in [6, 6.07) is 7.52. The Morgan fingerprint density at radius 3 is 2.37 bits per heavy atom. The summed E-state index contributed by atoms with van der Waals surface area (Å²) in [6.45, 7) is 6.83. The molecule has 0 saturated carbocycles. The highest BCUT2D eigenvalue weighted by Gasteiger charge is 2.29. The van der Waals surface area contributed by atoms with Crippen LogP contribution in [0, 0.1) is 0 Å². The van der Waals surface area contributed by atoms with Crippen molar-refractivity contribution >= 4 is 11.6 Å². The topological polar surface area (TPSA) is 55.1 Å². The summed E-state index contributed by atoms with van der Waals surface area (Å²) in [5, 5.41) is 3.02. The van der Waals surface area contributed by atoms with Gasteiger partial charge in [-0.15, -0.1) is 0 Å². The molecule has 0 saturated heterocycles. The predicted molar refractivity (Wildman–Crippen MR) is 81.0 cm³/mol. The monoisotopic (exact) mass is 262 g/mol. The molecule has 1 aromatic rings. The highest BCUT2D eigenvalue weighted by Crippen LogP contribution is 2.24. The minimum absolute atomic E-state index is 0.0776. The summed E-state index contributed by atoms with van der Waals surface area (Å²) in [5.74, 6) is 0.0776. The van der Waals surface area contributed by atoms with Crippen molar-refractivity contribution in [3.63, 3.8) is 0 Å². The van der Waals surface area contributed by atoms with E-state index in [-0.39, 0.29) is 5.91 Å². The highest BCUT2D eigenvalue weighted by molar-refractivity contribution is 5.87. The second-order valence-corrected chi connectivity index (χ2v) is 5.56. The molecule has 0 aromatic heterocycles. The molecule has 0 atom stereocenters. The number of benzene rings is 1. The van der Waals surface area contributed by atoms with Crippen LogP contribution in [0.25, 0.3) is 0 Å². The fourth-order valence-electron chi connectivity index (χ4n) is 2.01. The second kappa shape index (κ2) is 7.17. The summed E-state index contributed by atoms with van der Waals surface area (Å²) in [7, 11) is 0.